The molecular weight excluding hydrogens is 502 g/mol. The third-order valence-electron chi connectivity index (χ3n) is 6.11. The number of fused-ring (bicyclic) bond motifs is 1. The number of ether oxygens (including phenoxy) is 1. The number of carbonyl (C=O) groups is 2. The van der Waals surface area contributed by atoms with Crippen molar-refractivity contribution in [3.05, 3.63) is 72.3 Å². The monoisotopic (exact) mass is 539 g/mol. The van der Waals surface area contributed by atoms with Crippen LogP contribution in [0.15, 0.2) is 66.7 Å². The molecule has 0 aromatic heterocycles. The molecule has 0 spiro atoms. The maximum atomic E-state index is 13.9. The van der Waals surface area contributed by atoms with Crippen LogP contribution < -0.4 is 14.4 Å². The van der Waals surface area contributed by atoms with Gasteiger partial charge in [-0.1, -0.05) is 55.5 Å². The highest BCUT2D eigenvalue weighted by Gasteiger charge is 2.33. The van der Waals surface area contributed by atoms with Gasteiger partial charge in [0, 0.05) is 17.5 Å². The molecule has 1 N–H and O–H groups in total. The molecule has 38 heavy (non-hydrogen) atoms. The van der Waals surface area contributed by atoms with E-state index >= 15 is 0 Å². The van der Waals surface area contributed by atoms with Crippen molar-refractivity contribution in [3.8, 4) is 5.75 Å². The minimum absolute atomic E-state index is 0.131. The first kappa shape index (κ1) is 29.0. The van der Waals surface area contributed by atoms with Crippen LogP contribution in [-0.2, 0) is 26.2 Å². The van der Waals surface area contributed by atoms with Crippen molar-refractivity contribution < 1.29 is 22.7 Å². The van der Waals surface area contributed by atoms with Gasteiger partial charge >= 0.3 is 0 Å². The lowest BCUT2D eigenvalue weighted by atomic mass is 10.1. The van der Waals surface area contributed by atoms with Crippen LogP contribution in [0.25, 0.3) is 10.8 Å². The number of carbonyl (C=O) groups excluding carboxylic acids is 2. The van der Waals surface area contributed by atoms with Crippen molar-refractivity contribution in [2.24, 2.45) is 0 Å². The second kappa shape index (κ2) is 11.9. The number of benzene rings is 3. The molecule has 204 valence electrons. The van der Waals surface area contributed by atoms with Crippen LogP contribution in [0.5, 0.6) is 5.75 Å². The highest BCUT2D eigenvalue weighted by atomic mass is 32.2. The second-order valence-electron chi connectivity index (χ2n) is 10.3. The number of nitrogens with zero attached hydrogens (tertiary/aromatic N) is 2. The Morgan fingerprint density at radius 3 is 2.18 bits per heavy atom. The van der Waals surface area contributed by atoms with E-state index in [9.17, 15) is 18.0 Å². The normalized spacial score (nSPS) is 12.6. The molecule has 1 atom stereocenters. The summed E-state index contributed by atoms with van der Waals surface area (Å²) in [5.41, 5.74) is 0.703. The minimum atomic E-state index is -3.83. The van der Waals surface area contributed by atoms with Crippen molar-refractivity contribution >= 4 is 38.3 Å². The third kappa shape index (κ3) is 7.25. The highest BCUT2D eigenvalue weighted by molar-refractivity contribution is 7.92. The zero-order valence-electron chi connectivity index (χ0n) is 22.9. The van der Waals surface area contributed by atoms with Crippen LogP contribution in [0.2, 0.25) is 0 Å². The van der Waals surface area contributed by atoms with E-state index in [0.29, 0.717) is 23.2 Å². The van der Waals surface area contributed by atoms with Gasteiger partial charge in [-0.3, -0.25) is 13.9 Å². The fourth-order valence-corrected chi connectivity index (χ4v) is 5.18. The molecule has 0 saturated carbocycles. The fraction of sp³-hybridized carbons (Fsp3) is 0.379. The molecular formula is C29H37N3O5S. The van der Waals surface area contributed by atoms with E-state index < -0.39 is 34.1 Å². The average Bonchev–Trinajstić information content (AvgIpc) is 2.85. The summed E-state index contributed by atoms with van der Waals surface area (Å²) in [4.78, 5) is 28.7. The van der Waals surface area contributed by atoms with Crippen molar-refractivity contribution in [3.63, 3.8) is 0 Å². The predicted molar refractivity (Wildman–Crippen MR) is 152 cm³/mol. The average molecular weight is 540 g/mol. The Balaban J connectivity index is 2.03. The molecule has 0 saturated heterocycles. The molecule has 0 unspecified atom stereocenters. The Kier molecular flexibility index (Phi) is 9.04. The summed E-state index contributed by atoms with van der Waals surface area (Å²) in [7, 11) is -2.26. The molecule has 3 aromatic carbocycles. The zero-order chi connectivity index (χ0) is 28.1. The molecule has 2 amide bonds. The Bertz CT molecular complexity index is 1380. The Hall–Kier alpha value is -3.59. The lowest BCUT2D eigenvalue weighted by molar-refractivity contribution is -0.141. The van der Waals surface area contributed by atoms with Gasteiger partial charge in [-0.15, -0.1) is 0 Å². The van der Waals surface area contributed by atoms with Crippen LogP contribution in [0.1, 0.15) is 39.7 Å². The lowest BCUT2D eigenvalue weighted by Gasteiger charge is -2.34. The van der Waals surface area contributed by atoms with E-state index in [1.54, 1.807) is 31.4 Å². The summed E-state index contributed by atoms with van der Waals surface area (Å²) in [6, 6.07) is 19.2. The maximum Gasteiger partial charge on any atom is 0.244 e. The number of methoxy groups -OCH3 is 1. The van der Waals surface area contributed by atoms with E-state index in [1.807, 2.05) is 70.2 Å². The molecule has 0 aliphatic carbocycles. The van der Waals surface area contributed by atoms with Crippen LogP contribution in [0.3, 0.4) is 0 Å². The van der Waals surface area contributed by atoms with Gasteiger partial charge in [0.15, 0.2) is 0 Å². The first-order valence-corrected chi connectivity index (χ1v) is 14.4. The molecule has 0 radical (unpaired) electrons. The SMILES string of the molecule is CC[C@@H](C(=O)NC(C)(C)C)N(Cc1ccc(OC)cc1)C(=O)CN(c1cccc2ccccc12)S(C)(=O)=O. The van der Waals surface area contributed by atoms with E-state index in [0.717, 1.165) is 21.5 Å². The summed E-state index contributed by atoms with van der Waals surface area (Å²) in [6.07, 6.45) is 1.44. The Morgan fingerprint density at radius 2 is 1.61 bits per heavy atom. The third-order valence-corrected chi connectivity index (χ3v) is 7.24. The van der Waals surface area contributed by atoms with Crippen LogP contribution in [-0.4, -0.2) is 56.6 Å². The number of hydrogen-bond donors (Lipinski definition) is 1. The van der Waals surface area contributed by atoms with Crippen LogP contribution in [0.4, 0.5) is 5.69 Å². The van der Waals surface area contributed by atoms with Gasteiger partial charge in [-0.25, -0.2) is 8.42 Å². The minimum Gasteiger partial charge on any atom is -0.497 e. The summed E-state index contributed by atoms with van der Waals surface area (Å²) in [6.45, 7) is 7.14. The van der Waals surface area contributed by atoms with Crippen LogP contribution >= 0.6 is 0 Å². The van der Waals surface area contributed by atoms with Crippen molar-refractivity contribution in [2.75, 3.05) is 24.2 Å². The summed E-state index contributed by atoms with van der Waals surface area (Å²) in [5, 5.41) is 4.54. The molecule has 0 heterocycles. The van der Waals surface area contributed by atoms with E-state index in [2.05, 4.69) is 5.32 Å². The maximum absolute atomic E-state index is 13.9. The molecule has 0 fully saturated rings. The quantitative estimate of drug-likeness (QED) is 0.414. The van der Waals surface area contributed by atoms with Gasteiger partial charge in [-0.05, 0) is 56.3 Å². The van der Waals surface area contributed by atoms with E-state index in [-0.39, 0.29) is 12.5 Å². The number of rotatable bonds is 10. The van der Waals surface area contributed by atoms with Crippen LogP contribution in [0, 0.1) is 0 Å². The Morgan fingerprint density at radius 1 is 0.974 bits per heavy atom. The largest absolute Gasteiger partial charge is 0.497 e. The van der Waals surface area contributed by atoms with Gasteiger partial charge in [-0.2, -0.15) is 0 Å². The summed E-state index contributed by atoms with van der Waals surface area (Å²) in [5.74, 6) is -0.101. The summed E-state index contributed by atoms with van der Waals surface area (Å²) < 4.78 is 32.3. The summed E-state index contributed by atoms with van der Waals surface area (Å²) >= 11 is 0. The van der Waals surface area contributed by atoms with Crippen molar-refractivity contribution in [2.45, 2.75) is 52.2 Å². The first-order chi connectivity index (χ1) is 17.8. The predicted octanol–water partition coefficient (Wildman–Crippen LogP) is 4.34. The zero-order valence-corrected chi connectivity index (χ0v) is 23.7. The van der Waals surface area contributed by atoms with Crippen molar-refractivity contribution in [1.82, 2.24) is 10.2 Å². The molecule has 3 aromatic rings. The standard InChI is InChI=1S/C29H37N3O5S/c1-7-25(28(34)30-29(2,3)4)31(19-21-15-17-23(37-5)18-16-21)27(33)20-32(38(6,35)36)26-14-10-12-22-11-8-9-13-24(22)26/h8-18,25H,7,19-20H2,1-6H3,(H,30,34)/t25-/m0/s1. The second-order valence-corrected chi connectivity index (χ2v) is 12.2. The number of hydrogen-bond acceptors (Lipinski definition) is 5. The van der Waals surface area contributed by atoms with Gasteiger partial charge in [0.05, 0.1) is 19.1 Å². The number of nitrogens with one attached hydrogen (secondary N) is 1. The molecule has 9 heteroatoms. The molecule has 0 bridgehead atoms. The smallest absolute Gasteiger partial charge is 0.244 e. The number of sulfonamides is 1. The first-order valence-electron chi connectivity index (χ1n) is 12.5. The lowest BCUT2D eigenvalue weighted by Crippen LogP contribution is -2.55. The highest BCUT2D eigenvalue weighted by Crippen LogP contribution is 2.29. The van der Waals surface area contributed by atoms with Crippen molar-refractivity contribution in [1.29, 1.82) is 0 Å². The molecule has 3 rings (SSSR count). The molecule has 8 nitrogen and oxygen atoms in total. The fourth-order valence-electron chi connectivity index (χ4n) is 4.32. The number of amides is 2. The Labute approximate surface area is 225 Å². The van der Waals surface area contributed by atoms with E-state index in [4.69, 9.17) is 4.74 Å². The van der Waals surface area contributed by atoms with Gasteiger partial charge < -0.3 is 15.0 Å². The number of anilines is 1. The van der Waals surface area contributed by atoms with E-state index in [1.165, 1.54) is 4.90 Å². The van der Waals surface area contributed by atoms with Gasteiger partial charge in [0.2, 0.25) is 21.8 Å². The molecule has 0 aliphatic rings. The van der Waals surface area contributed by atoms with Gasteiger partial charge in [0.25, 0.3) is 0 Å². The van der Waals surface area contributed by atoms with Gasteiger partial charge in [0.1, 0.15) is 18.3 Å². The molecule has 0 aliphatic heterocycles. The topological polar surface area (TPSA) is 96.0 Å².